The highest BCUT2D eigenvalue weighted by Crippen LogP contribution is 2.27. The van der Waals surface area contributed by atoms with Gasteiger partial charge < -0.3 is 15.0 Å². The average Bonchev–Trinajstić information content (AvgIpc) is 3.06. The molecule has 0 aromatic heterocycles. The largest absolute Gasteiger partial charge is 0.488 e. The molecule has 0 aliphatic carbocycles. The Morgan fingerprint density at radius 1 is 1.41 bits per heavy atom. The first kappa shape index (κ1) is 15.1. The standard InChI is InChI=1S/C15H20N2O4S/c1-17(12-6-7-22(19,20)10-12)15(18)16-9-13-8-11-4-2-3-5-14(11)21-13/h2-5,12-13H,6-10H2,1H3,(H,16,18)/t12-,13-/m1/s1. The first-order valence-corrected chi connectivity index (χ1v) is 9.22. The van der Waals surface area contributed by atoms with Gasteiger partial charge in [0.05, 0.1) is 18.1 Å². The van der Waals surface area contributed by atoms with Crippen molar-refractivity contribution in [2.45, 2.75) is 25.0 Å². The zero-order valence-corrected chi connectivity index (χ0v) is 13.3. The summed E-state index contributed by atoms with van der Waals surface area (Å²) in [5.41, 5.74) is 1.15. The van der Waals surface area contributed by atoms with Gasteiger partial charge in [0.2, 0.25) is 0 Å². The van der Waals surface area contributed by atoms with Gasteiger partial charge in [0.25, 0.3) is 0 Å². The summed E-state index contributed by atoms with van der Waals surface area (Å²) in [6, 6.07) is 7.36. The van der Waals surface area contributed by atoms with E-state index in [9.17, 15) is 13.2 Å². The Bertz CT molecular complexity index is 649. The zero-order chi connectivity index (χ0) is 15.7. The summed E-state index contributed by atoms with van der Waals surface area (Å²) in [5.74, 6) is 1.09. The maximum atomic E-state index is 12.1. The molecule has 0 radical (unpaired) electrons. The lowest BCUT2D eigenvalue weighted by Gasteiger charge is -2.24. The number of hydrogen-bond donors (Lipinski definition) is 1. The van der Waals surface area contributed by atoms with Crippen molar-refractivity contribution in [1.29, 1.82) is 0 Å². The molecule has 6 nitrogen and oxygen atoms in total. The topological polar surface area (TPSA) is 75.7 Å². The molecule has 1 aromatic carbocycles. The van der Waals surface area contributed by atoms with Crippen LogP contribution < -0.4 is 10.1 Å². The SMILES string of the molecule is CN(C(=O)NC[C@H]1Cc2ccccc2O1)[C@@H]1CCS(=O)(=O)C1. The van der Waals surface area contributed by atoms with Crippen molar-refractivity contribution < 1.29 is 17.9 Å². The van der Waals surface area contributed by atoms with Gasteiger partial charge in [-0.15, -0.1) is 0 Å². The highest BCUT2D eigenvalue weighted by Gasteiger charge is 2.33. The third kappa shape index (κ3) is 3.19. The summed E-state index contributed by atoms with van der Waals surface area (Å²) < 4.78 is 28.7. The van der Waals surface area contributed by atoms with Crippen molar-refractivity contribution in [3.63, 3.8) is 0 Å². The Balaban J connectivity index is 1.49. The molecular formula is C15H20N2O4S. The Morgan fingerprint density at radius 2 is 2.18 bits per heavy atom. The number of para-hydroxylation sites is 1. The number of amides is 2. The quantitative estimate of drug-likeness (QED) is 0.893. The molecule has 2 aliphatic rings. The summed E-state index contributed by atoms with van der Waals surface area (Å²) in [6.07, 6.45) is 1.22. The Hall–Kier alpha value is -1.76. The van der Waals surface area contributed by atoms with Crippen LogP contribution in [0.15, 0.2) is 24.3 Å². The first-order chi connectivity index (χ1) is 10.4. The molecule has 0 bridgehead atoms. The van der Waals surface area contributed by atoms with Crippen LogP contribution in [0.2, 0.25) is 0 Å². The molecule has 2 heterocycles. The van der Waals surface area contributed by atoms with Crippen molar-refractivity contribution in [1.82, 2.24) is 10.2 Å². The number of fused-ring (bicyclic) bond motifs is 1. The Labute approximate surface area is 130 Å². The third-order valence-electron chi connectivity index (χ3n) is 4.27. The molecule has 7 heteroatoms. The Morgan fingerprint density at radius 3 is 2.86 bits per heavy atom. The van der Waals surface area contributed by atoms with Gasteiger partial charge in [0.15, 0.2) is 9.84 Å². The molecule has 0 spiro atoms. The third-order valence-corrected chi connectivity index (χ3v) is 6.02. The second-order valence-electron chi connectivity index (χ2n) is 5.91. The van der Waals surface area contributed by atoms with Gasteiger partial charge in [-0.1, -0.05) is 18.2 Å². The second-order valence-corrected chi connectivity index (χ2v) is 8.13. The van der Waals surface area contributed by atoms with Gasteiger partial charge in [-0.25, -0.2) is 13.2 Å². The summed E-state index contributed by atoms with van der Waals surface area (Å²) >= 11 is 0. The summed E-state index contributed by atoms with van der Waals surface area (Å²) in [5, 5.41) is 2.83. The predicted molar refractivity (Wildman–Crippen MR) is 82.8 cm³/mol. The number of sulfone groups is 1. The van der Waals surface area contributed by atoms with E-state index < -0.39 is 9.84 Å². The number of nitrogens with one attached hydrogen (secondary N) is 1. The molecule has 0 unspecified atom stereocenters. The minimum absolute atomic E-state index is 0.0578. The molecule has 2 aliphatic heterocycles. The van der Waals surface area contributed by atoms with Gasteiger partial charge in [-0.3, -0.25) is 0 Å². The highest BCUT2D eigenvalue weighted by atomic mass is 32.2. The van der Waals surface area contributed by atoms with Crippen LogP contribution in [-0.4, -0.2) is 56.6 Å². The van der Waals surface area contributed by atoms with E-state index in [4.69, 9.17) is 4.74 Å². The lowest BCUT2D eigenvalue weighted by Crippen LogP contribution is -2.46. The number of benzene rings is 1. The smallest absolute Gasteiger partial charge is 0.317 e. The van der Waals surface area contributed by atoms with Gasteiger partial charge >= 0.3 is 6.03 Å². The van der Waals surface area contributed by atoms with E-state index in [1.165, 1.54) is 4.90 Å². The van der Waals surface area contributed by atoms with Crippen LogP contribution in [0.5, 0.6) is 5.75 Å². The van der Waals surface area contributed by atoms with Crippen LogP contribution in [0.1, 0.15) is 12.0 Å². The predicted octanol–water partition coefficient (Wildman–Crippen LogP) is 0.819. The number of nitrogens with zero attached hydrogens (tertiary/aromatic N) is 1. The molecule has 0 saturated carbocycles. The lowest BCUT2D eigenvalue weighted by atomic mass is 10.1. The van der Waals surface area contributed by atoms with E-state index in [0.29, 0.717) is 13.0 Å². The fraction of sp³-hybridized carbons (Fsp3) is 0.533. The van der Waals surface area contributed by atoms with Crippen molar-refractivity contribution in [2.75, 3.05) is 25.1 Å². The molecule has 1 saturated heterocycles. The van der Waals surface area contributed by atoms with Gasteiger partial charge in [0.1, 0.15) is 11.9 Å². The van der Waals surface area contributed by atoms with Crippen LogP contribution in [0.25, 0.3) is 0 Å². The van der Waals surface area contributed by atoms with Crippen molar-refractivity contribution in [3.8, 4) is 5.75 Å². The van der Waals surface area contributed by atoms with Crippen molar-refractivity contribution >= 4 is 15.9 Å². The van der Waals surface area contributed by atoms with Gasteiger partial charge in [0, 0.05) is 19.5 Å². The fourth-order valence-electron chi connectivity index (χ4n) is 2.94. The zero-order valence-electron chi connectivity index (χ0n) is 12.5. The molecule has 3 rings (SSSR count). The molecular weight excluding hydrogens is 304 g/mol. The summed E-state index contributed by atoms with van der Waals surface area (Å²) in [4.78, 5) is 13.6. The number of hydrogen-bond acceptors (Lipinski definition) is 4. The lowest BCUT2D eigenvalue weighted by molar-refractivity contribution is 0.182. The van der Waals surface area contributed by atoms with E-state index in [-0.39, 0.29) is 29.7 Å². The molecule has 22 heavy (non-hydrogen) atoms. The van der Waals surface area contributed by atoms with Crippen LogP contribution in [0.4, 0.5) is 4.79 Å². The molecule has 2 atom stereocenters. The highest BCUT2D eigenvalue weighted by molar-refractivity contribution is 7.91. The normalized spacial score (nSPS) is 25.3. The van der Waals surface area contributed by atoms with Crippen LogP contribution >= 0.6 is 0 Å². The second kappa shape index (κ2) is 5.79. The molecule has 1 fully saturated rings. The Kier molecular flexibility index (Phi) is 3.99. The fourth-order valence-corrected chi connectivity index (χ4v) is 4.71. The maximum absolute atomic E-state index is 12.1. The van der Waals surface area contributed by atoms with E-state index in [1.807, 2.05) is 24.3 Å². The molecule has 1 aromatic rings. The maximum Gasteiger partial charge on any atom is 0.317 e. The van der Waals surface area contributed by atoms with E-state index >= 15 is 0 Å². The minimum Gasteiger partial charge on any atom is -0.488 e. The van der Waals surface area contributed by atoms with Crippen LogP contribution in [-0.2, 0) is 16.3 Å². The minimum atomic E-state index is -2.99. The van der Waals surface area contributed by atoms with Crippen LogP contribution in [0, 0.1) is 0 Å². The number of rotatable bonds is 3. The summed E-state index contributed by atoms with van der Waals surface area (Å²) in [7, 11) is -1.34. The van der Waals surface area contributed by atoms with E-state index in [1.54, 1.807) is 7.05 Å². The molecule has 1 N–H and O–H groups in total. The summed E-state index contributed by atoms with van der Waals surface area (Å²) in [6.45, 7) is 0.414. The van der Waals surface area contributed by atoms with Gasteiger partial charge in [-0.2, -0.15) is 0 Å². The van der Waals surface area contributed by atoms with E-state index in [2.05, 4.69) is 5.32 Å². The van der Waals surface area contributed by atoms with Crippen LogP contribution in [0.3, 0.4) is 0 Å². The first-order valence-electron chi connectivity index (χ1n) is 7.40. The van der Waals surface area contributed by atoms with Crippen molar-refractivity contribution in [2.24, 2.45) is 0 Å². The number of urea groups is 1. The molecule has 120 valence electrons. The molecule has 2 amide bonds. The monoisotopic (exact) mass is 324 g/mol. The van der Waals surface area contributed by atoms with Gasteiger partial charge in [-0.05, 0) is 18.1 Å². The van der Waals surface area contributed by atoms with Crippen molar-refractivity contribution in [3.05, 3.63) is 29.8 Å². The number of carbonyl (C=O) groups is 1. The number of carbonyl (C=O) groups excluding carboxylic acids is 1. The average molecular weight is 324 g/mol. The van der Waals surface area contributed by atoms with E-state index in [0.717, 1.165) is 17.7 Å². The number of ether oxygens (including phenoxy) is 1.